The van der Waals surface area contributed by atoms with E-state index in [1.807, 2.05) is 81.4 Å². The summed E-state index contributed by atoms with van der Waals surface area (Å²) in [7, 11) is 0. The number of ether oxygens (including phenoxy) is 2. The number of esters is 1. The standard InChI is InChI=1S/C24H27NO5.C19H21NO2/c1-16(2)15-29-23(28)30-22(27)24(3)14-20(25-21(24)26)13-17-9-11-19(12-10-17)18-7-5-4-6-8-18;1-19(13-21)12-17(20-18(19)22)11-14-7-9-16(10-8-14)15-5-3-2-4-6-15/h4-12,16,20H,13-15H2,1-3H3,(H,25,26);2-10,17,21H,11-13H2,1H3,(H,20,22)/t20-,24-;17-,19+/m11/s1. The number of hydrogen-bond donors (Lipinski definition) is 3. The van der Waals surface area contributed by atoms with E-state index in [1.54, 1.807) is 0 Å². The number of benzene rings is 4. The molecule has 4 aromatic carbocycles. The van der Waals surface area contributed by atoms with Gasteiger partial charge in [-0.3, -0.25) is 14.4 Å². The van der Waals surface area contributed by atoms with E-state index in [2.05, 4.69) is 59.2 Å². The first-order chi connectivity index (χ1) is 24.9. The molecule has 4 aromatic rings. The molecule has 2 fully saturated rings. The molecule has 2 heterocycles. The Bertz CT molecular complexity index is 1830. The molecule has 52 heavy (non-hydrogen) atoms. The number of carbonyl (C=O) groups is 4. The van der Waals surface area contributed by atoms with Gasteiger partial charge >= 0.3 is 12.1 Å². The molecular weight excluding hydrogens is 656 g/mol. The smallest absolute Gasteiger partial charge is 0.434 e. The third-order valence-electron chi connectivity index (χ3n) is 9.67. The van der Waals surface area contributed by atoms with Crippen molar-refractivity contribution < 1.29 is 33.8 Å². The van der Waals surface area contributed by atoms with Crippen molar-refractivity contribution >= 4 is 23.9 Å². The van der Waals surface area contributed by atoms with Crippen molar-refractivity contribution in [3.05, 3.63) is 120 Å². The van der Waals surface area contributed by atoms with E-state index in [-0.39, 0.29) is 43.5 Å². The predicted octanol–water partition coefficient (Wildman–Crippen LogP) is 6.91. The van der Waals surface area contributed by atoms with Crippen LogP contribution in [0.2, 0.25) is 0 Å². The van der Waals surface area contributed by atoms with Gasteiger partial charge in [0, 0.05) is 12.1 Å². The number of aliphatic hydroxyl groups excluding tert-OH is 1. The van der Waals surface area contributed by atoms with E-state index in [0.717, 1.165) is 23.1 Å². The Kier molecular flexibility index (Phi) is 12.3. The quantitative estimate of drug-likeness (QED) is 0.121. The number of hydrogen-bond acceptors (Lipinski definition) is 7. The van der Waals surface area contributed by atoms with Gasteiger partial charge in [0.1, 0.15) is 5.41 Å². The molecule has 0 aromatic heterocycles. The lowest BCUT2D eigenvalue weighted by molar-refractivity contribution is -0.154. The molecule has 3 N–H and O–H groups in total. The fourth-order valence-electron chi connectivity index (χ4n) is 6.54. The summed E-state index contributed by atoms with van der Waals surface area (Å²) < 4.78 is 9.63. The van der Waals surface area contributed by atoms with Crippen molar-refractivity contribution in [3.8, 4) is 22.3 Å². The largest absolute Gasteiger partial charge is 0.516 e. The van der Waals surface area contributed by atoms with E-state index in [1.165, 1.54) is 23.6 Å². The van der Waals surface area contributed by atoms with Crippen LogP contribution in [0.3, 0.4) is 0 Å². The Hall–Kier alpha value is -5.28. The van der Waals surface area contributed by atoms with Gasteiger partial charge in [-0.25, -0.2) is 4.79 Å². The highest BCUT2D eigenvalue weighted by Gasteiger charge is 2.51. The first kappa shape index (κ1) is 38.0. The monoisotopic (exact) mass is 704 g/mol. The molecule has 2 amide bonds. The molecular formula is C43H48N2O7. The fraction of sp³-hybridized carbons (Fsp3) is 0.349. The molecule has 0 saturated carbocycles. The maximum Gasteiger partial charge on any atom is 0.516 e. The molecule has 4 atom stereocenters. The lowest BCUT2D eigenvalue weighted by Crippen LogP contribution is -2.38. The zero-order valence-corrected chi connectivity index (χ0v) is 30.3. The minimum atomic E-state index is -1.41. The second-order valence-electron chi connectivity index (χ2n) is 14.7. The van der Waals surface area contributed by atoms with Gasteiger partial charge in [0.2, 0.25) is 11.8 Å². The predicted molar refractivity (Wildman–Crippen MR) is 200 cm³/mol. The van der Waals surface area contributed by atoms with Crippen molar-refractivity contribution in [2.45, 2.75) is 65.5 Å². The Morgan fingerprint density at radius 2 is 1.13 bits per heavy atom. The summed E-state index contributed by atoms with van der Waals surface area (Å²) in [4.78, 5) is 48.5. The first-order valence-electron chi connectivity index (χ1n) is 17.8. The van der Waals surface area contributed by atoms with Crippen LogP contribution in [0.25, 0.3) is 22.3 Å². The SMILES string of the molecule is CC(C)COC(=O)OC(=O)[C@]1(C)C[C@@H](Cc2ccc(-c3ccccc3)cc2)NC1=O.C[C@@]1(CO)C[C@@H](Cc2ccc(-c3ccccc3)cc2)NC1=O. The molecule has 0 unspecified atom stereocenters. The molecule has 2 saturated heterocycles. The molecule has 0 aliphatic carbocycles. The van der Waals surface area contributed by atoms with Crippen molar-refractivity contribution in [1.29, 1.82) is 0 Å². The Morgan fingerprint density at radius 1 is 0.692 bits per heavy atom. The van der Waals surface area contributed by atoms with Gasteiger partial charge in [-0.1, -0.05) is 123 Å². The van der Waals surface area contributed by atoms with Gasteiger partial charge in [-0.2, -0.15) is 0 Å². The third-order valence-corrected chi connectivity index (χ3v) is 9.67. The molecule has 2 aliphatic heterocycles. The van der Waals surface area contributed by atoms with Crippen LogP contribution in [0.1, 0.15) is 51.7 Å². The number of aliphatic hydroxyl groups is 1. The minimum absolute atomic E-state index is 0.0408. The summed E-state index contributed by atoms with van der Waals surface area (Å²) in [5.74, 6) is -1.23. The van der Waals surface area contributed by atoms with Gasteiger partial charge < -0.3 is 25.2 Å². The highest BCUT2D eigenvalue weighted by molar-refractivity contribution is 6.06. The van der Waals surface area contributed by atoms with Gasteiger partial charge in [-0.05, 0) is 78.8 Å². The van der Waals surface area contributed by atoms with Crippen molar-refractivity contribution in [1.82, 2.24) is 10.6 Å². The van der Waals surface area contributed by atoms with Crippen molar-refractivity contribution in [2.75, 3.05) is 13.2 Å². The molecule has 9 heteroatoms. The minimum Gasteiger partial charge on any atom is -0.434 e. The topological polar surface area (TPSA) is 131 Å². The van der Waals surface area contributed by atoms with Gasteiger partial charge in [0.05, 0.1) is 18.6 Å². The third kappa shape index (κ3) is 9.53. The average Bonchev–Trinajstić information content (AvgIpc) is 3.61. The second kappa shape index (κ2) is 16.8. The van der Waals surface area contributed by atoms with Crippen molar-refractivity contribution in [2.24, 2.45) is 16.7 Å². The number of rotatable bonds is 10. The summed E-state index contributed by atoms with van der Waals surface area (Å²) in [6.45, 7) is 7.12. The Labute approximate surface area is 305 Å². The summed E-state index contributed by atoms with van der Waals surface area (Å²) >= 11 is 0. The van der Waals surface area contributed by atoms with Crippen molar-refractivity contribution in [3.63, 3.8) is 0 Å². The first-order valence-corrected chi connectivity index (χ1v) is 17.8. The number of nitrogens with one attached hydrogen (secondary N) is 2. The van der Waals surface area contributed by atoms with Crippen LogP contribution in [0.15, 0.2) is 109 Å². The van der Waals surface area contributed by atoms with Crippen LogP contribution in [0.4, 0.5) is 4.79 Å². The normalized spacial score (nSPS) is 22.2. The van der Waals surface area contributed by atoms with Gasteiger partial charge in [-0.15, -0.1) is 0 Å². The van der Waals surface area contributed by atoms with Crippen LogP contribution in [0, 0.1) is 16.7 Å². The molecule has 0 bridgehead atoms. The summed E-state index contributed by atoms with van der Waals surface area (Å²) in [5, 5.41) is 15.2. The second-order valence-corrected chi connectivity index (χ2v) is 14.7. The van der Waals surface area contributed by atoms with Gasteiger partial charge in [0.25, 0.3) is 0 Å². The van der Waals surface area contributed by atoms with Crippen LogP contribution >= 0.6 is 0 Å². The maximum atomic E-state index is 12.5. The lowest BCUT2D eigenvalue weighted by Gasteiger charge is -2.18. The molecule has 0 radical (unpaired) electrons. The summed E-state index contributed by atoms with van der Waals surface area (Å²) in [6.07, 6.45) is 1.26. The van der Waals surface area contributed by atoms with E-state index in [4.69, 9.17) is 9.47 Å². The molecule has 0 spiro atoms. The maximum absolute atomic E-state index is 12.5. The van der Waals surface area contributed by atoms with Crippen LogP contribution in [-0.2, 0) is 36.7 Å². The Morgan fingerprint density at radius 3 is 1.58 bits per heavy atom. The molecule has 2 aliphatic rings. The molecule has 272 valence electrons. The summed E-state index contributed by atoms with van der Waals surface area (Å²) in [5.41, 5.74) is 4.86. The van der Waals surface area contributed by atoms with E-state index >= 15 is 0 Å². The molecule has 6 rings (SSSR count). The van der Waals surface area contributed by atoms with E-state index < -0.39 is 28.9 Å². The molecule has 9 nitrogen and oxygen atoms in total. The lowest BCUT2D eigenvalue weighted by atomic mass is 9.86. The zero-order chi connectivity index (χ0) is 37.3. The zero-order valence-electron chi connectivity index (χ0n) is 30.3. The van der Waals surface area contributed by atoms with E-state index in [9.17, 15) is 24.3 Å². The highest BCUT2D eigenvalue weighted by atomic mass is 16.7. The fourth-order valence-corrected chi connectivity index (χ4v) is 6.54. The Balaban J connectivity index is 0.000000210. The van der Waals surface area contributed by atoms with E-state index in [0.29, 0.717) is 12.8 Å². The number of carbonyl (C=O) groups excluding carboxylic acids is 4. The van der Waals surface area contributed by atoms with Crippen LogP contribution in [-0.4, -0.2) is 54.3 Å². The van der Waals surface area contributed by atoms with Gasteiger partial charge in [0.15, 0.2) is 0 Å². The number of amides is 2. The average molecular weight is 705 g/mol. The highest BCUT2D eigenvalue weighted by Crippen LogP contribution is 2.33. The van der Waals surface area contributed by atoms with Crippen LogP contribution in [0.5, 0.6) is 0 Å². The summed E-state index contributed by atoms with van der Waals surface area (Å²) in [6, 6.07) is 36.8. The van der Waals surface area contributed by atoms with Crippen LogP contribution < -0.4 is 10.6 Å².